The van der Waals surface area contributed by atoms with Gasteiger partial charge < -0.3 is 15.1 Å². The van der Waals surface area contributed by atoms with Crippen LogP contribution in [0.4, 0.5) is 11.8 Å². The predicted octanol–water partition coefficient (Wildman–Crippen LogP) is 2.06. The molecule has 1 saturated heterocycles. The maximum atomic E-state index is 4.56. The third-order valence-corrected chi connectivity index (χ3v) is 4.35. The summed E-state index contributed by atoms with van der Waals surface area (Å²) in [5.74, 6) is 1.65. The lowest BCUT2D eigenvalue weighted by atomic mass is 10.1. The highest BCUT2D eigenvalue weighted by atomic mass is 15.2. The van der Waals surface area contributed by atoms with Crippen LogP contribution >= 0.6 is 0 Å². The van der Waals surface area contributed by atoms with Gasteiger partial charge in [0.1, 0.15) is 5.82 Å². The number of nitrogens with one attached hydrogen (secondary N) is 1. The molecule has 6 heteroatoms. The lowest BCUT2D eigenvalue weighted by Crippen LogP contribution is -2.43. The summed E-state index contributed by atoms with van der Waals surface area (Å²) in [6.45, 7) is 3.24. The molecule has 1 unspecified atom stereocenters. The molecule has 0 aromatic carbocycles. The van der Waals surface area contributed by atoms with Gasteiger partial charge in [0, 0.05) is 57.7 Å². The quantitative estimate of drug-likeness (QED) is 0.877. The van der Waals surface area contributed by atoms with E-state index in [9.17, 15) is 0 Å². The number of pyridine rings is 1. The van der Waals surface area contributed by atoms with Crippen molar-refractivity contribution < 1.29 is 0 Å². The molecule has 3 heterocycles. The Bertz CT molecular complexity index is 630. The van der Waals surface area contributed by atoms with Crippen molar-refractivity contribution in [2.24, 2.45) is 0 Å². The van der Waals surface area contributed by atoms with E-state index in [0.717, 1.165) is 49.9 Å². The van der Waals surface area contributed by atoms with Crippen LogP contribution in [0.25, 0.3) is 0 Å². The minimum Gasteiger partial charge on any atom is -0.363 e. The average molecular weight is 326 g/mol. The van der Waals surface area contributed by atoms with E-state index in [0.29, 0.717) is 6.04 Å². The van der Waals surface area contributed by atoms with Crippen LogP contribution in [0, 0.1) is 0 Å². The summed E-state index contributed by atoms with van der Waals surface area (Å²) >= 11 is 0. The normalized spacial score (nSPS) is 18.3. The van der Waals surface area contributed by atoms with Gasteiger partial charge in [0.2, 0.25) is 5.95 Å². The van der Waals surface area contributed by atoms with Crippen molar-refractivity contribution in [1.29, 1.82) is 0 Å². The van der Waals surface area contributed by atoms with Gasteiger partial charge in [-0.15, -0.1) is 0 Å². The maximum Gasteiger partial charge on any atom is 0.224 e. The summed E-state index contributed by atoms with van der Waals surface area (Å²) < 4.78 is 0. The minimum atomic E-state index is 0.403. The zero-order valence-corrected chi connectivity index (χ0v) is 14.5. The van der Waals surface area contributed by atoms with Gasteiger partial charge in [0.25, 0.3) is 0 Å². The summed E-state index contributed by atoms with van der Waals surface area (Å²) in [7, 11) is 3.98. The second kappa shape index (κ2) is 8.06. The Morgan fingerprint density at radius 2 is 2.12 bits per heavy atom. The number of aromatic nitrogens is 3. The van der Waals surface area contributed by atoms with Crippen molar-refractivity contribution in [3.05, 3.63) is 42.4 Å². The molecule has 0 amide bonds. The van der Waals surface area contributed by atoms with Gasteiger partial charge in [-0.1, -0.05) is 6.07 Å². The van der Waals surface area contributed by atoms with E-state index in [1.54, 1.807) is 0 Å². The fourth-order valence-corrected chi connectivity index (χ4v) is 3.05. The van der Waals surface area contributed by atoms with Gasteiger partial charge >= 0.3 is 0 Å². The molecule has 0 aliphatic carbocycles. The molecule has 3 rings (SSSR count). The van der Waals surface area contributed by atoms with Crippen LogP contribution in [-0.2, 0) is 6.42 Å². The number of nitrogens with zero attached hydrogens (tertiary/aromatic N) is 5. The number of hydrogen-bond donors (Lipinski definition) is 1. The largest absolute Gasteiger partial charge is 0.363 e. The molecule has 1 N–H and O–H groups in total. The highest BCUT2D eigenvalue weighted by molar-refractivity contribution is 5.41. The van der Waals surface area contributed by atoms with E-state index in [2.05, 4.69) is 37.3 Å². The average Bonchev–Trinajstić information content (AvgIpc) is 2.61. The van der Waals surface area contributed by atoms with Gasteiger partial charge in [0.05, 0.1) is 0 Å². The first kappa shape index (κ1) is 16.6. The van der Waals surface area contributed by atoms with Crippen LogP contribution < -0.4 is 10.2 Å². The lowest BCUT2D eigenvalue weighted by molar-refractivity contribution is 0.218. The Kier molecular flexibility index (Phi) is 5.59. The van der Waals surface area contributed by atoms with Crippen LogP contribution in [0.3, 0.4) is 0 Å². The molecule has 0 saturated carbocycles. The smallest absolute Gasteiger partial charge is 0.224 e. The molecule has 0 radical (unpaired) electrons. The van der Waals surface area contributed by atoms with Crippen molar-refractivity contribution in [1.82, 2.24) is 19.9 Å². The molecule has 2 aromatic heterocycles. The minimum absolute atomic E-state index is 0.403. The van der Waals surface area contributed by atoms with E-state index < -0.39 is 0 Å². The van der Waals surface area contributed by atoms with Gasteiger partial charge in [-0.05, 0) is 37.6 Å². The molecule has 24 heavy (non-hydrogen) atoms. The Morgan fingerprint density at radius 3 is 2.92 bits per heavy atom. The molecular formula is C18H26N6. The van der Waals surface area contributed by atoms with Crippen LogP contribution in [-0.4, -0.2) is 59.6 Å². The Labute approximate surface area is 143 Å². The molecule has 0 bridgehead atoms. The highest BCUT2D eigenvalue weighted by Gasteiger charge is 2.20. The van der Waals surface area contributed by atoms with Crippen molar-refractivity contribution in [2.45, 2.75) is 25.3 Å². The molecule has 0 spiro atoms. The van der Waals surface area contributed by atoms with Gasteiger partial charge in [0.15, 0.2) is 0 Å². The van der Waals surface area contributed by atoms with E-state index in [1.807, 2.05) is 43.5 Å². The molecule has 1 fully saturated rings. The standard InChI is InChI=1S/C18H26N6/c1-23(2)17-8-11-20-18(22-17)21-16-7-5-12-24(14-16)13-9-15-6-3-4-10-19-15/h3-4,6,8,10-11,16H,5,7,9,12-14H2,1-2H3,(H,20,21,22). The molecule has 128 valence electrons. The van der Waals surface area contributed by atoms with Gasteiger partial charge in [-0.3, -0.25) is 4.98 Å². The SMILES string of the molecule is CN(C)c1ccnc(NC2CCCN(CCc3ccccn3)C2)n1. The van der Waals surface area contributed by atoms with Crippen molar-refractivity contribution in [3.63, 3.8) is 0 Å². The zero-order chi connectivity index (χ0) is 16.8. The number of hydrogen-bond acceptors (Lipinski definition) is 6. The summed E-state index contributed by atoms with van der Waals surface area (Å²) in [5, 5.41) is 3.50. The lowest BCUT2D eigenvalue weighted by Gasteiger charge is -2.33. The topological polar surface area (TPSA) is 57.2 Å². The van der Waals surface area contributed by atoms with Crippen LogP contribution in [0.15, 0.2) is 36.7 Å². The summed E-state index contributed by atoms with van der Waals surface area (Å²) in [4.78, 5) is 17.8. The number of piperidine rings is 1. The Morgan fingerprint density at radius 1 is 1.21 bits per heavy atom. The summed E-state index contributed by atoms with van der Waals surface area (Å²) in [6.07, 6.45) is 7.04. The predicted molar refractivity (Wildman–Crippen MR) is 97.4 cm³/mol. The maximum absolute atomic E-state index is 4.56. The molecular weight excluding hydrogens is 300 g/mol. The molecule has 6 nitrogen and oxygen atoms in total. The molecule has 2 aromatic rings. The second-order valence-electron chi connectivity index (χ2n) is 6.49. The Balaban J connectivity index is 1.53. The Hall–Kier alpha value is -2.21. The summed E-state index contributed by atoms with van der Waals surface area (Å²) in [6, 6.07) is 8.44. The second-order valence-corrected chi connectivity index (χ2v) is 6.49. The first-order valence-electron chi connectivity index (χ1n) is 8.60. The third-order valence-electron chi connectivity index (χ3n) is 4.35. The van der Waals surface area contributed by atoms with Crippen LogP contribution in [0.5, 0.6) is 0 Å². The van der Waals surface area contributed by atoms with E-state index in [4.69, 9.17) is 0 Å². The highest BCUT2D eigenvalue weighted by Crippen LogP contribution is 2.16. The van der Waals surface area contributed by atoms with E-state index >= 15 is 0 Å². The van der Waals surface area contributed by atoms with Gasteiger partial charge in [-0.25, -0.2) is 4.98 Å². The fraction of sp³-hybridized carbons (Fsp3) is 0.500. The van der Waals surface area contributed by atoms with Crippen molar-refractivity contribution in [2.75, 3.05) is 43.9 Å². The monoisotopic (exact) mass is 326 g/mol. The fourth-order valence-electron chi connectivity index (χ4n) is 3.05. The zero-order valence-electron chi connectivity index (χ0n) is 14.5. The van der Waals surface area contributed by atoms with Crippen molar-refractivity contribution >= 4 is 11.8 Å². The van der Waals surface area contributed by atoms with Crippen LogP contribution in [0.1, 0.15) is 18.5 Å². The molecule has 1 aliphatic rings. The first-order chi connectivity index (χ1) is 11.7. The number of likely N-dealkylation sites (tertiary alicyclic amines) is 1. The third kappa shape index (κ3) is 4.64. The number of rotatable bonds is 6. The number of anilines is 2. The van der Waals surface area contributed by atoms with Gasteiger partial charge in [-0.2, -0.15) is 4.98 Å². The van der Waals surface area contributed by atoms with E-state index in [1.165, 1.54) is 6.42 Å². The molecule has 1 aliphatic heterocycles. The van der Waals surface area contributed by atoms with Crippen LogP contribution in [0.2, 0.25) is 0 Å². The van der Waals surface area contributed by atoms with E-state index in [-0.39, 0.29) is 0 Å². The summed E-state index contributed by atoms with van der Waals surface area (Å²) in [5.41, 5.74) is 1.16. The molecule has 1 atom stereocenters. The van der Waals surface area contributed by atoms with Crippen molar-refractivity contribution in [3.8, 4) is 0 Å². The first-order valence-corrected chi connectivity index (χ1v) is 8.60.